The molecule has 0 aromatic heterocycles. The molecule has 2 aromatic rings. The van der Waals surface area contributed by atoms with E-state index < -0.39 is 17.4 Å². The summed E-state index contributed by atoms with van der Waals surface area (Å²) >= 11 is 12.4. The maximum atomic E-state index is 14.8. The number of halogens is 3. The van der Waals surface area contributed by atoms with Crippen LogP contribution < -0.4 is 4.74 Å². The Morgan fingerprint density at radius 1 is 1.14 bits per heavy atom. The van der Waals surface area contributed by atoms with Crippen molar-refractivity contribution in [2.24, 2.45) is 0 Å². The average Bonchev–Trinajstić information content (AvgIpc) is 3.55. The Kier molecular flexibility index (Phi) is 7.65. The molecule has 1 unspecified atom stereocenters. The second-order valence-corrected chi connectivity index (χ2v) is 10.9. The maximum Gasteiger partial charge on any atom is 0.341 e. The van der Waals surface area contributed by atoms with Crippen LogP contribution in [0.1, 0.15) is 67.1 Å². The number of carbonyl (C=O) groups is 1. The molecule has 1 fully saturated rings. The van der Waals surface area contributed by atoms with Gasteiger partial charge in [-0.2, -0.15) is 0 Å². The molecule has 0 spiro atoms. The molecule has 0 amide bonds. The molecule has 1 atom stereocenters. The van der Waals surface area contributed by atoms with Gasteiger partial charge < -0.3 is 19.1 Å². The van der Waals surface area contributed by atoms with Crippen molar-refractivity contribution in [3.8, 4) is 5.75 Å². The van der Waals surface area contributed by atoms with E-state index in [-0.39, 0.29) is 17.5 Å². The van der Waals surface area contributed by atoms with Gasteiger partial charge in [-0.1, -0.05) is 23.2 Å². The summed E-state index contributed by atoms with van der Waals surface area (Å²) in [7, 11) is 1.65. The van der Waals surface area contributed by atoms with Gasteiger partial charge in [0, 0.05) is 41.5 Å². The van der Waals surface area contributed by atoms with Crippen LogP contribution in [0.2, 0.25) is 10.0 Å². The fraction of sp³-hybridized carbons (Fsp3) is 0.444. The van der Waals surface area contributed by atoms with Crippen molar-refractivity contribution in [2.75, 3.05) is 26.9 Å². The summed E-state index contributed by atoms with van der Waals surface area (Å²) < 4.78 is 31.6. The van der Waals surface area contributed by atoms with E-state index in [1.54, 1.807) is 40.0 Å². The summed E-state index contributed by atoms with van der Waals surface area (Å²) in [4.78, 5) is 14.6. The van der Waals surface area contributed by atoms with Crippen molar-refractivity contribution in [3.63, 3.8) is 0 Å². The van der Waals surface area contributed by atoms with Crippen LogP contribution in [-0.4, -0.2) is 43.3 Å². The summed E-state index contributed by atoms with van der Waals surface area (Å²) in [6.07, 6.45) is 4.00. The molecule has 1 heterocycles. The van der Waals surface area contributed by atoms with Gasteiger partial charge in [-0.25, -0.2) is 9.18 Å². The van der Waals surface area contributed by atoms with Gasteiger partial charge in [0.2, 0.25) is 0 Å². The highest BCUT2D eigenvalue weighted by Gasteiger charge is 2.31. The second-order valence-electron chi connectivity index (χ2n) is 10.1. The Labute approximate surface area is 215 Å². The van der Waals surface area contributed by atoms with Crippen LogP contribution in [-0.2, 0) is 9.47 Å². The quantitative estimate of drug-likeness (QED) is 0.334. The number of esters is 1. The zero-order chi connectivity index (χ0) is 25.3. The number of hydrogen-bond donors (Lipinski definition) is 0. The van der Waals surface area contributed by atoms with Gasteiger partial charge in [0.1, 0.15) is 23.8 Å². The summed E-state index contributed by atoms with van der Waals surface area (Å²) in [6, 6.07) is 8.34. The normalized spacial score (nSPS) is 16.4. The fourth-order valence-electron chi connectivity index (χ4n) is 4.11. The van der Waals surface area contributed by atoms with E-state index in [4.69, 9.17) is 37.4 Å². The van der Waals surface area contributed by atoms with Gasteiger partial charge >= 0.3 is 5.97 Å². The lowest BCUT2D eigenvalue weighted by Crippen LogP contribution is -2.37. The van der Waals surface area contributed by atoms with Gasteiger partial charge in [0.05, 0.1) is 18.2 Å². The summed E-state index contributed by atoms with van der Waals surface area (Å²) in [5, 5.41) is 1.15. The monoisotopic (exact) mass is 521 g/mol. The van der Waals surface area contributed by atoms with Crippen LogP contribution in [0.15, 0.2) is 42.1 Å². The highest BCUT2D eigenvalue weighted by Crippen LogP contribution is 2.45. The predicted molar refractivity (Wildman–Crippen MR) is 135 cm³/mol. The topological polar surface area (TPSA) is 48.0 Å². The predicted octanol–water partition coefficient (Wildman–Crippen LogP) is 6.93. The molecule has 0 radical (unpaired) electrons. The summed E-state index contributed by atoms with van der Waals surface area (Å²) in [5.74, 6) is -0.545. The first-order chi connectivity index (χ1) is 16.5. The largest absolute Gasteiger partial charge is 0.489 e. The van der Waals surface area contributed by atoms with Crippen LogP contribution >= 0.6 is 23.2 Å². The molecule has 5 nitrogen and oxygen atoms in total. The Balaban J connectivity index is 1.46. The SMILES string of the molecule is COCC(c1cc(Cl)cc(Cl)c1)N1C=C(COc2cc(F)c(C(=O)OC(C)(C)C)cc2C2CC2)C1. The van der Waals surface area contributed by atoms with Crippen LogP contribution in [0.5, 0.6) is 5.75 Å². The first-order valence-electron chi connectivity index (χ1n) is 11.6. The minimum absolute atomic E-state index is 0.0347. The number of methoxy groups -OCH3 is 1. The number of carbonyl (C=O) groups excluding carboxylic acids is 1. The van der Waals surface area contributed by atoms with Gasteiger partial charge in [0.25, 0.3) is 0 Å². The third-order valence-electron chi connectivity index (χ3n) is 5.88. The molecule has 35 heavy (non-hydrogen) atoms. The molecule has 0 N–H and O–H groups in total. The maximum absolute atomic E-state index is 14.8. The van der Waals surface area contributed by atoms with Gasteiger partial charge in [-0.3, -0.25) is 0 Å². The molecule has 1 aliphatic carbocycles. The lowest BCUT2D eigenvalue weighted by atomic mass is 10.0. The van der Waals surface area contributed by atoms with Gasteiger partial charge in [-0.15, -0.1) is 0 Å². The molecule has 8 heteroatoms. The average molecular weight is 522 g/mol. The molecule has 0 bridgehead atoms. The van der Waals surface area contributed by atoms with E-state index >= 15 is 0 Å². The molecule has 1 saturated carbocycles. The third kappa shape index (κ3) is 6.49. The fourth-order valence-corrected chi connectivity index (χ4v) is 4.65. The van der Waals surface area contributed by atoms with Gasteiger partial charge in [-0.05, 0) is 74.9 Å². The highest BCUT2D eigenvalue weighted by atomic mass is 35.5. The van der Waals surface area contributed by atoms with Crippen LogP contribution in [0.3, 0.4) is 0 Å². The van der Waals surface area contributed by atoms with Crippen LogP contribution in [0.4, 0.5) is 4.39 Å². The van der Waals surface area contributed by atoms with Gasteiger partial charge in [0.15, 0.2) is 0 Å². The summed E-state index contributed by atoms with van der Waals surface area (Å²) in [6.45, 7) is 6.76. The van der Waals surface area contributed by atoms with E-state index in [0.717, 1.165) is 29.5 Å². The van der Waals surface area contributed by atoms with Crippen LogP contribution in [0.25, 0.3) is 0 Å². The van der Waals surface area contributed by atoms with Crippen molar-refractivity contribution >= 4 is 29.2 Å². The van der Waals surface area contributed by atoms with E-state index in [2.05, 4.69) is 4.90 Å². The Bertz CT molecular complexity index is 1120. The van der Waals surface area contributed by atoms with Crippen LogP contribution in [0, 0.1) is 5.82 Å². The zero-order valence-corrected chi connectivity index (χ0v) is 21.9. The van der Waals surface area contributed by atoms with E-state index in [9.17, 15) is 9.18 Å². The number of ether oxygens (including phenoxy) is 3. The lowest BCUT2D eigenvalue weighted by molar-refractivity contribution is 0.00645. The Morgan fingerprint density at radius 2 is 1.80 bits per heavy atom. The van der Waals surface area contributed by atoms with E-state index in [0.29, 0.717) is 35.6 Å². The van der Waals surface area contributed by atoms with Crippen molar-refractivity contribution in [3.05, 3.63) is 74.7 Å². The number of benzene rings is 2. The minimum atomic E-state index is -0.696. The number of rotatable bonds is 9. The third-order valence-corrected chi connectivity index (χ3v) is 6.31. The van der Waals surface area contributed by atoms with E-state index in [1.807, 2.05) is 18.3 Å². The minimum Gasteiger partial charge on any atom is -0.489 e. The molecule has 2 aliphatic rings. The Morgan fingerprint density at radius 3 is 2.37 bits per heavy atom. The molecule has 0 saturated heterocycles. The molecule has 188 valence electrons. The number of hydrogen-bond acceptors (Lipinski definition) is 5. The first kappa shape index (κ1) is 25.8. The summed E-state index contributed by atoms with van der Waals surface area (Å²) in [5.41, 5.74) is 2.15. The van der Waals surface area contributed by atoms with E-state index in [1.165, 1.54) is 6.07 Å². The second kappa shape index (κ2) is 10.4. The van der Waals surface area contributed by atoms with Crippen molar-refractivity contribution in [1.29, 1.82) is 0 Å². The van der Waals surface area contributed by atoms with Crippen molar-refractivity contribution < 1.29 is 23.4 Å². The first-order valence-corrected chi connectivity index (χ1v) is 12.4. The molecule has 4 rings (SSSR count). The van der Waals surface area contributed by atoms with Crippen molar-refractivity contribution in [1.82, 2.24) is 4.90 Å². The lowest BCUT2D eigenvalue weighted by Gasteiger charge is -2.38. The number of nitrogens with zero attached hydrogens (tertiary/aromatic N) is 1. The molecule has 1 aliphatic heterocycles. The van der Waals surface area contributed by atoms with Crippen molar-refractivity contribution in [2.45, 2.75) is 51.2 Å². The Hall–Kier alpha value is -2.28. The standard InChI is InChI=1S/C27H30Cl2FNO4/c1-27(2,3)35-26(32)22-10-21(17-5-6-17)25(11-23(22)30)34-14-16-12-31(13-16)24(15-33-4)18-7-19(28)9-20(29)8-18/h7-12,17,24H,5-6,13-15H2,1-4H3. The zero-order valence-electron chi connectivity index (χ0n) is 20.4. The molecular weight excluding hydrogens is 492 g/mol. The highest BCUT2D eigenvalue weighted by molar-refractivity contribution is 6.34. The molecular formula is C27H30Cl2FNO4. The molecule has 2 aromatic carbocycles. The smallest absolute Gasteiger partial charge is 0.341 e.